The van der Waals surface area contributed by atoms with E-state index >= 15 is 0 Å². The highest BCUT2D eigenvalue weighted by atomic mass is 16.6. The standard InChI is InChI=1S/C28H34N2O4/c1-19-5-7-21(8-6-19)9-10-26(31)29-17-27(32)30-18-28(11-3-4-12-28)23-16-25-24(33-13-14-34-25)15-22(23)20(30)2/h5-8,15-16,20H,3-4,9-14,17-18H2,1-2H3,(H,29,31). The summed E-state index contributed by atoms with van der Waals surface area (Å²) >= 11 is 0. The molecule has 3 aliphatic rings. The molecule has 5 rings (SSSR count). The number of rotatable bonds is 5. The zero-order valence-corrected chi connectivity index (χ0v) is 20.2. The number of carbonyl (C=O) groups excluding carboxylic acids is 2. The van der Waals surface area contributed by atoms with Gasteiger partial charge in [0.15, 0.2) is 11.5 Å². The number of nitrogens with one attached hydrogen (secondary N) is 1. The topological polar surface area (TPSA) is 67.9 Å². The molecule has 180 valence electrons. The van der Waals surface area contributed by atoms with Gasteiger partial charge < -0.3 is 19.7 Å². The summed E-state index contributed by atoms with van der Waals surface area (Å²) < 4.78 is 11.7. The largest absolute Gasteiger partial charge is 0.486 e. The van der Waals surface area contributed by atoms with Gasteiger partial charge in [0, 0.05) is 18.4 Å². The molecule has 1 fully saturated rings. The fourth-order valence-corrected chi connectivity index (χ4v) is 5.79. The molecule has 1 atom stereocenters. The van der Waals surface area contributed by atoms with Crippen molar-refractivity contribution in [1.82, 2.24) is 10.2 Å². The minimum absolute atomic E-state index is 0.0250. The molecule has 2 heterocycles. The molecular weight excluding hydrogens is 428 g/mol. The molecule has 0 saturated heterocycles. The lowest BCUT2D eigenvalue weighted by atomic mass is 9.71. The molecule has 2 amide bonds. The quantitative estimate of drug-likeness (QED) is 0.722. The van der Waals surface area contributed by atoms with Gasteiger partial charge in [-0.15, -0.1) is 0 Å². The van der Waals surface area contributed by atoms with Gasteiger partial charge in [-0.1, -0.05) is 42.7 Å². The first-order chi connectivity index (χ1) is 16.4. The van der Waals surface area contributed by atoms with Crippen molar-refractivity contribution in [1.29, 1.82) is 0 Å². The maximum absolute atomic E-state index is 13.3. The van der Waals surface area contributed by atoms with Crippen LogP contribution in [-0.4, -0.2) is 43.0 Å². The summed E-state index contributed by atoms with van der Waals surface area (Å²) in [4.78, 5) is 27.7. The predicted octanol–water partition coefficient (Wildman–Crippen LogP) is 4.23. The second kappa shape index (κ2) is 9.32. The summed E-state index contributed by atoms with van der Waals surface area (Å²) in [5, 5.41) is 2.86. The monoisotopic (exact) mass is 462 g/mol. The minimum Gasteiger partial charge on any atom is -0.486 e. The first-order valence-corrected chi connectivity index (χ1v) is 12.5. The number of hydrogen-bond donors (Lipinski definition) is 1. The molecular formula is C28H34N2O4. The van der Waals surface area contributed by atoms with Crippen molar-refractivity contribution in [2.75, 3.05) is 26.3 Å². The van der Waals surface area contributed by atoms with Crippen LogP contribution in [0.4, 0.5) is 0 Å². The Labute approximate surface area is 201 Å². The Morgan fingerprint density at radius 3 is 2.44 bits per heavy atom. The average Bonchev–Trinajstić information content (AvgIpc) is 3.33. The number of hydrogen-bond acceptors (Lipinski definition) is 4. The van der Waals surface area contributed by atoms with Crippen LogP contribution in [0.3, 0.4) is 0 Å². The highest BCUT2D eigenvalue weighted by Crippen LogP contribution is 2.51. The minimum atomic E-state index is -0.0887. The lowest BCUT2D eigenvalue weighted by Crippen LogP contribution is -2.51. The van der Waals surface area contributed by atoms with Gasteiger partial charge in [-0.2, -0.15) is 0 Å². The molecule has 6 nitrogen and oxygen atoms in total. The van der Waals surface area contributed by atoms with Crippen LogP contribution in [-0.2, 0) is 21.4 Å². The van der Waals surface area contributed by atoms with Crippen molar-refractivity contribution in [2.45, 2.75) is 63.8 Å². The van der Waals surface area contributed by atoms with Crippen LogP contribution in [0.2, 0.25) is 0 Å². The van der Waals surface area contributed by atoms with E-state index < -0.39 is 0 Å². The van der Waals surface area contributed by atoms with Gasteiger partial charge in [0.2, 0.25) is 11.8 Å². The van der Waals surface area contributed by atoms with E-state index in [1.807, 2.05) is 11.8 Å². The Kier molecular flexibility index (Phi) is 6.24. The first-order valence-electron chi connectivity index (χ1n) is 12.5. The molecule has 1 N–H and O–H groups in total. The molecule has 6 heteroatoms. The van der Waals surface area contributed by atoms with Gasteiger partial charge in [0.1, 0.15) is 13.2 Å². The Morgan fingerprint density at radius 2 is 1.74 bits per heavy atom. The fraction of sp³-hybridized carbons (Fsp3) is 0.500. The zero-order valence-electron chi connectivity index (χ0n) is 20.2. The summed E-state index contributed by atoms with van der Waals surface area (Å²) in [6.07, 6.45) is 5.52. The van der Waals surface area contributed by atoms with Crippen LogP contribution in [0.5, 0.6) is 11.5 Å². The zero-order chi connectivity index (χ0) is 23.7. The Hall–Kier alpha value is -3.02. The third kappa shape index (κ3) is 4.38. The molecule has 1 aliphatic carbocycles. The van der Waals surface area contributed by atoms with E-state index in [0.29, 0.717) is 32.6 Å². The second-order valence-electron chi connectivity index (χ2n) is 10.0. The van der Waals surface area contributed by atoms with Gasteiger partial charge in [0.25, 0.3) is 0 Å². The number of fused-ring (bicyclic) bond motifs is 3. The number of aryl methyl sites for hydroxylation is 2. The normalized spacial score (nSPS) is 20.2. The summed E-state index contributed by atoms with van der Waals surface area (Å²) in [7, 11) is 0. The van der Waals surface area contributed by atoms with E-state index in [1.165, 1.54) is 24.0 Å². The molecule has 1 spiro atoms. The van der Waals surface area contributed by atoms with Crippen molar-refractivity contribution in [2.24, 2.45) is 0 Å². The molecule has 0 radical (unpaired) electrons. The van der Waals surface area contributed by atoms with E-state index in [4.69, 9.17) is 9.47 Å². The highest BCUT2D eigenvalue weighted by Gasteiger charge is 2.46. The van der Waals surface area contributed by atoms with Crippen molar-refractivity contribution in [3.63, 3.8) is 0 Å². The Balaban J connectivity index is 1.27. The Morgan fingerprint density at radius 1 is 1.06 bits per heavy atom. The molecule has 1 saturated carbocycles. The second-order valence-corrected chi connectivity index (χ2v) is 10.0. The summed E-state index contributed by atoms with van der Waals surface area (Å²) in [6.45, 7) is 5.97. The van der Waals surface area contributed by atoms with Gasteiger partial charge in [-0.25, -0.2) is 0 Å². The van der Waals surface area contributed by atoms with Gasteiger partial charge in [0.05, 0.1) is 12.6 Å². The number of amides is 2. The number of carbonyl (C=O) groups is 2. The third-order valence-corrected chi connectivity index (χ3v) is 7.76. The molecule has 2 aromatic rings. The smallest absolute Gasteiger partial charge is 0.242 e. The van der Waals surface area contributed by atoms with Gasteiger partial charge in [-0.05, 0) is 61.9 Å². The third-order valence-electron chi connectivity index (χ3n) is 7.76. The number of ether oxygens (including phenoxy) is 2. The van der Waals surface area contributed by atoms with Crippen LogP contribution in [0.1, 0.15) is 67.3 Å². The van der Waals surface area contributed by atoms with Crippen molar-refractivity contribution < 1.29 is 19.1 Å². The number of benzene rings is 2. The van der Waals surface area contributed by atoms with Crippen LogP contribution in [0, 0.1) is 6.92 Å². The van der Waals surface area contributed by atoms with Crippen LogP contribution in [0.15, 0.2) is 36.4 Å². The van der Waals surface area contributed by atoms with Crippen LogP contribution >= 0.6 is 0 Å². The maximum atomic E-state index is 13.3. The van der Waals surface area contributed by atoms with E-state index in [-0.39, 0.29) is 29.8 Å². The summed E-state index contributed by atoms with van der Waals surface area (Å²) in [5.74, 6) is 1.48. The van der Waals surface area contributed by atoms with E-state index in [2.05, 4.69) is 48.6 Å². The lowest BCUT2D eigenvalue weighted by Gasteiger charge is -2.46. The molecule has 2 aliphatic heterocycles. The summed E-state index contributed by atoms with van der Waals surface area (Å²) in [5.41, 5.74) is 4.76. The van der Waals surface area contributed by atoms with E-state index in [9.17, 15) is 9.59 Å². The highest BCUT2D eigenvalue weighted by molar-refractivity contribution is 5.85. The van der Waals surface area contributed by atoms with Crippen molar-refractivity contribution in [3.8, 4) is 11.5 Å². The van der Waals surface area contributed by atoms with Crippen LogP contribution < -0.4 is 14.8 Å². The van der Waals surface area contributed by atoms with Gasteiger partial charge in [-0.3, -0.25) is 9.59 Å². The SMILES string of the molecule is Cc1ccc(CCC(=O)NCC(=O)N2CC3(CCCC3)c3cc4c(cc3C2C)OCCO4)cc1. The summed E-state index contributed by atoms with van der Waals surface area (Å²) in [6, 6.07) is 12.4. The predicted molar refractivity (Wildman–Crippen MR) is 130 cm³/mol. The molecule has 0 aromatic heterocycles. The molecule has 2 aromatic carbocycles. The Bertz CT molecular complexity index is 1070. The maximum Gasteiger partial charge on any atom is 0.242 e. The number of nitrogens with zero attached hydrogens (tertiary/aromatic N) is 1. The van der Waals surface area contributed by atoms with Crippen molar-refractivity contribution in [3.05, 3.63) is 58.7 Å². The molecule has 34 heavy (non-hydrogen) atoms. The molecule has 1 unspecified atom stereocenters. The van der Waals surface area contributed by atoms with Gasteiger partial charge >= 0.3 is 0 Å². The van der Waals surface area contributed by atoms with Crippen molar-refractivity contribution >= 4 is 11.8 Å². The fourth-order valence-electron chi connectivity index (χ4n) is 5.79. The first kappa shape index (κ1) is 22.8. The lowest BCUT2D eigenvalue weighted by molar-refractivity contribution is -0.136. The van der Waals surface area contributed by atoms with E-state index in [1.54, 1.807) is 0 Å². The van der Waals surface area contributed by atoms with E-state index in [0.717, 1.165) is 35.5 Å². The van der Waals surface area contributed by atoms with Crippen LogP contribution in [0.25, 0.3) is 0 Å². The average molecular weight is 463 g/mol. The molecule has 0 bridgehead atoms.